The van der Waals surface area contributed by atoms with Gasteiger partial charge in [0.2, 0.25) is 0 Å². The first-order valence-corrected chi connectivity index (χ1v) is 5.66. The smallest absolute Gasteiger partial charge is 0.170 e. The molecule has 1 aromatic carbocycles. The average molecular weight is 250 g/mol. The molecule has 0 N–H and O–H groups in total. The number of aryl methyl sites for hydroxylation is 1. The molecule has 4 heteroatoms. The van der Waals surface area contributed by atoms with Crippen LogP contribution in [0.25, 0.3) is 0 Å². The summed E-state index contributed by atoms with van der Waals surface area (Å²) in [6.07, 6.45) is 1.84. The molecule has 0 aliphatic carbocycles. The minimum Gasteiger partial charge on any atom is -0.469 e. The first kappa shape index (κ1) is 12.5. The van der Waals surface area contributed by atoms with E-state index >= 15 is 0 Å². The molecule has 0 unspecified atom stereocenters. The number of Topliss-reactive ketones (excluding diaryl/α,β-unsaturated/α-hetero) is 1. The zero-order valence-electron chi connectivity index (χ0n) is 9.87. The first-order valence-electron chi connectivity index (χ1n) is 5.66. The van der Waals surface area contributed by atoms with E-state index in [0.717, 1.165) is 6.07 Å². The van der Waals surface area contributed by atoms with Crippen molar-refractivity contribution in [3.8, 4) is 0 Å². The van der Waals surface area contributed by atoms with Gasteiger partial charge >= 0.3 is 0 Å². The molecule has 2 rings (SSSR count). The van der Waals surface area contributed by atoms with Gasteiger partial charge in [-0.2, -0.15) is 0 Å². The largest absolute Gasteiger partial charge is 0.469 e. The van der Waals surface area contributed by atoms with E-state index in [1.807, 2.05) is 6.92 Å². The third kappa shape index (κ3) is 2.32. The van der Waals surface area contributed by atoms with Gasteiger partial charge in [-0.3, -0.25) is 4.79 Å². The zero-order valence-corrected chi connectivity index (χ0v) is 9.87. The molecule has 1 aromatic heterocycles. The Bertz CT molecular complexity index is 573. The summed E-state index contributed by atoms with van der Waals surface area (Å²) in [7, 11) is 0. The quantitative estimate of drug-likeness (QED) is 0.777. The van der Waals surface area contributed by atoms with Crippen molar-refractivity contribution in [1.82, 2.24) is 0 Å². The second-order valence-electron chi connectivity index (χ2n) is 3.92. The molecule has 94 valence electrons. The van der Waals surface area contributed by atoms with Crippen LogP contribution in [0.1, 0.15) is 28.6 Å². The SMILES string of the molecule is CCc1occc1C(=O)Cc1cccc(F)c1F. The van der Waals surface area contributed by atoms with Crippen LogP contribution in [0.4, 0.5) is 8.78 Å². The fourth-order valence-corrected chi connectivity index (χ4v) is 1.82. The third-order valence-corrected chi connectivity index (χ3v) is 2.75. The summed E-state index contributed by atoms with van der Waals surface area (Å²) < 4.78 is 31.6. The molecule has 0 spiro atoms. The van der Waals surface area contributed by atoms with Gasteiger partial charge in [0.1, 0.15) is 5.76 Å². The summed E-state index contributed by atoms with van der Waals surface area (Å²) in [5.41, 5.74) is 0.490. The molecule has 0 amide bonds. The lowest BCUT2D eigenvalue weighted by Gasteiger charge is -2.03. The predicted octanol–water partition coefficient (Wildman–Crippen LogP) is 3.55. The van der Waals surface area contributed by atoms with Crippen molar-refractivity contribution >= 4 is 5.78 Å². The monoisotopic (exact) mass is 250 g/mol. The number of benzene rings is 1. The van der Waals surface area contributed by atoms with Crippen molar-refractivity contribution in [3.05, 3.63) is 59.1 Å². The summed E-state index contributed by atoms with van der Waals surface area (Å²) in [5, 5.41) is 0. The Balaban J connectivity index is 2.24. The molecule has 0 saturated carbocycles. The molecule has 0 atom stereocenters. The van der Waals surface area contributed by atoms with Gasteiger partial charge in [-0.1, -0.05) is 19.1 Å². The fourth-order valence-electron chi connectivity index (χ4n) is 1.82. The molecule has 0 bridgehead atoms. The first-order chi connectivity index (χ1) is 8.63. The lowest BCUT2D eigenvalue weighted by molar-refractivity contribution is 0.0990. The topological polar surface area (TPSA) is 30.2 Å². The van der Waals surface area contributed by atoms with Crippen molar-refractivity contribution < 1.29 is 18.0 Å². The number of halogens is 2. The molecule has 0 aliphatic rings. The van der Waals surface area contributed by atoms with Crippen LogP contribution >= 0.6 is 0 Å². The van der Waals surface area contributed by atoms with Crippen LogP contribution in [0.3, 0.4) is 0 Å². The van der Waals surface area contributed by atoms with Crippen LogP contribution in [0.15, 0.2) is 34.9 Å². The summed E-state index contributed by atoms with van der Waals surface area (Å²) in [6, 6.07) is 5.37. The van der Waals surface area contributed by atoms with Gasteiger partial charge in [0, 0.05) is 12.8 Å². The van der Waals surface area contributed by atoms with Crippen molar-refractivity contribution in [2.24, 2.45) is 0 Å². The standard InChI is InChI=1S/C14H12F2O2/c1-2-13-10(6-7-18-13)12(17)8-9-4-3-5-11(15)14(9)16/h3-7H,2,8H2,1H3. The number of carbonyl (C=O) groups is 1. The predicted molar refractivity (Wildman–Crippen MR) is 62.5 cm³/mol. The van der Waals surface area contributed by atoms with Gasteiger partial charge in [0.05, 0.1) is 11.8 Å². The molecule has 0 aliphatic heterocycles. The Morgan fingerprint density at radius 3 is 2.78 bits per heavy atom. The van der Waals surface area contributed by atoms with Crippen molar-refractivity contribution in [3.63, 3.8) is 0 Å². The Morgan fingerprint density at radius 2 is 2.06 bits per heavy atom. The summed E-state index contributed by atoms with van der Waals surface area (Å²) >= 11 is 0. The van der Waals surface area contributed by atoms with E-state index < -0.39 is 11.6 Å². The normalized spacial score (nSPS) is 10.6. The van der Waals surface area contributed by atoms with Crippen LogP contribution in [-0.4, -0.2) is 5.78 Å². The molecule has 0 fully saturated rings. The molecule has 18 heavy (non-hydrogen) atoms. The summed E-state index contributed by atoms with van der Waals surface area (Å²) in [5.74, 6) is -1.61. The summed E-state index contributed by atoms with van der Waals surface area (Å²) in [4.78, 5) is 12.0. The third-order valence-electron chi connectivity index (χ3n) is 2.75. The van der Waals surface area contributed by atoms with Gasteiger partial charge in [-0.25, -0.2) is 8.78 Å². The number of ketones is 1. The number of hydrogen-bond donors (Lipinski definition) is 0. The van der Waals surface area contributed by atoms with Gasteiger partial charge in [0.15, 0.2) is 17.4 Å². The average Bonchev–Trinajstić information content (AvgIpc) is 2.83. The van der Waals surface area contributed by atoms with E-state index in [0.29, 0.717) is 17.7 Å². The fraction of sp³-hybridized carbons (Fsp3) is 0.214. The molecular formula is C14H12F2O2. The Kier molecular flexibility index (Phi) is 3.55. The Hall–Kier alpha value is -1.97. The van der Waals surface area contributed by atoms with Crippen LogP contribution in [0.5, 0.6) is 0 Å². The van der Waals surface area contributed by atoms with E-state index in [-0.39, 0.29) is 17.8 Å². The maximum atomic E-state index is 13.4. The second kappa shape index (κ2) is 5.12. The number of carbonyl (C=O) groups excluding carboxylic acids is 1. The van der Waals surface area contributed by atoms with Crippen LogP contribution in [-0.2, 0) is 12.8 Å². The van der Waals surface area contributed by atoms with Gasteiger partial charge in [-0.05, 0) is 17.7 Å². The maximum Gasteiger partial charge on any atom is 0.170 e. The van der Waals surface area contributed by atoms with Crippen LogP contribution < -0.4 is 0 Å². The van der Waals surface area contributed by atoms with E-state index in [1.165, 1.54) is 18.4 Å². The highest BCUT2D eigenvalue weighted by atomic mass is 19.2. The molecule has 0 saturated heterocycles. The Morgan fingerprint density at radius 1 is 1.28 bits per heavy atom. The molecule has 0 radical (unpaired) electrons. The van der Waals surface area contributed by atoms with Crippen LogP contribution in [0.2, 0.25) is 0 Å². The van der Waals surface area contributed by atoms with E-state index in [4.69, 9.17) is 4.42 Å². The number of hydrogen-bond acceptors (Lipinski definition) is 2. The van der Waals surface area contributed by atoms with E-state index in [9.17, 15) is 13.6 Å². The van der Waals surface area contributed by atoms with Gasteiger partial charge in [0.25, 0.3) is 0 Å². The van der Waals surface area contributed by atoms with Crippen LogP contribution in [0, 0.1) is 11.6 Å². The van der Waals surface area contributed by atoms with Gasteiger partial charge < -0.3 is 4.42 Å². The minimum atomic E-state index is -0.965. The minimum absolute atomic E-state index is 0.0586. The van der Waals surface area contributed by atoms with E-state index in [1.54, 1.807) is 6.07 Å². The lowest BCUT2D eigenvalue weighted by Crippen LogP contribution is -2.07. The van der Waals surface area contributed by atoms with Crippen molar-refractivity contribution in [2.75, 3.05) is 0 Å². The highest BCUT2D eigenvalue weighted by Gasteiger charge is 2.16. The highest BCUT2D eigenvalue weighted by Crippen LogP contribution is 2.17. The maximum absolute atomic E-state index is 13.4. The highest BCUT2D eigenvalue weighted by molar-refractivity contribution is 5.98. The molecule has 1 heterocycles. The second-order valence-corrected chi connectivity index (χ2v) is 3.92. The molecular weight excluding hydrogens is 238 g/mol. The number of furan rings is 1. The van der Waals surface area contributed by atoms with Crippen molar-refractivity contribution in [1.29, 1.82) is 0 Å². The van der Waals surface area contributed by atoms with Gasteiger partial charge in [-0.15, -0.1) is 0 Å². The molecule has 2 aromatic rings. The molecule has 2 nitrogen and oxygen atoms in total. The number of rotatable bonds is 4. The lowest BCUT2D eigenvalue weighted by atomic mass is 10.0. The summed E-state index contributed by atoms with van der Waals surface area (Å²) in [6.45, 7) is 1.86. The van der Waals surface area contributed by atoms with Crippen molar-refractivity contribution in [2.45, 2.75) is 19.8 Å². The Labute approximate surface area is 103 Å². The van der Waals surface area contributed by atoms with E-state index in [2.05, 4.69) is 0 Å². The zero-order chi connectivity index (χ0) is 13.1.